The average Bonchev–Trinajstić information content (AvgIpc) is 2.24. The Labute approximate surface area is 101 Å². The fourth-order valence-electron chi connectivity index (χ4n) is 1.35. The second-order valence-electron chi connectivity index (χ2n) is 3.70. The van der Waals surface area contributed by atoms with Crippen molar-refractivity contribution in [3.8, 4) is 0 Å². The van der Waals surface area contributed by atoms with Gasteiger partial charge in [0, 0.05) is 12.1 Å². The Morgan fingerprint density at radius 2 is 2.25 bits per heavy atom. The summed E-state index contributed by atoms with van der Waals surface area (Å²) in [4.78, 5) is 12.2. The summed E-state index contributed by atoms with van der Waals surface area (Å²) in [5.41, 5.74) is 7.13. The monoisotopic (exact) mass is 236 g/mol. The molecule has 0 aromatic heterocycles. The van der Waals surface area contributed by atoms with E-state index in [1.165, 1.54) is 0 Å². The summed E-state index contributed by atoms with van der Waals surface area (Å²) in [6, 6.07) is 7.50. The van der Waals surface area contributed by atoms with Crippen LogP contribution in [0, 0.1) is 6.92 Å². The van der Waals surface area contributed by atoms with Gasteiger partial charge in [-0.25, -0.2) is 0 Å². The van der Waals surface area contributed by atoms with E-state index < -0.39 is 0 Å². The molecule has 16 heavy (non-hydrogen) atoms. The van der Waals surface area contributed by atoms with Crippen LogP contribution in [-0.4, -0.2) is 17.4 Å². The quantitative estimate of drug-likeness (QED) is 0.605. The maximum atomic E-state index is 11.7. The Kier molecular flexibility index (Phi) is 4.92. The average molecular weight is 236 g/mol. The van der Waals surface area contributed by atoms with E-state index in [0.717, 1.165) is 12.0 Å². The van der Waals surface area contributed by atoms with E-state index >= 15 is 0 Å². The highest BCUT2D eigenvalue weighted by atomic mass is 32.1. The summed E-state index contributed by atoms with van der Waals surface area (Å²) in [6.45, 7) is 2.56. The van der Waals surface area contributed by atoms with Gasteiger partial charge in [-0.1, -0.05) is 29.9 Å². The molecule has 0 atom stereocenters. The van der Waals surface area contributed by atoms with Crippen molar-refractivity contribution in [3.63, 3.8) is 0 Å². The minimum atomic E-state index is -0.0494. The largest absolute Gasteiger partial charge is 0.393 e. The van der Waals surface area contributed by atoms with Gasteiger partial charge in [0.2, 0.25) is 0 Å². The molecule has 0 unspecified atom stereocenters. The standard InChI is InChI=1S/C12H16N2OS/c1-9-4-2-5-10(8-9)12(15)14-7-3-6-11(13)16/h2,4-5,8H,3,6-7H2,1H3,(H2,13,16)(H,14,15). The van der Waals surface area contributed by atoms with Crippen LogP contribution in [0.5, 0.6) is 0 Å². The Bertz CT molecular complexity index is 390. The third-order valence-corrected chi connectivity index (χ3v) is 2.37. The molecule has 4 heteroatoms. The first kappa shape index (κ1) is 12.6. The predicted molar refractivity (Wildman–Crippen MR) is 69.5 cm³/mol. The van der Waals surface area contributed by atoms with Gasteiger partial charge in [-0.15, -0.1) is 0 Å². The maximum Gasteiger partial charge on any atom is 0.251 e. The molecule has 0 aliphatic heterocycles. The van der Waals surface area contributed by atoms with Gasteiger partial charge in [0.05, 0.1) is 4.99 Å². The van der Waals surface area contributed by atoms with Gasteiger partial charge in [-0.3, -0.25) is 4.79 Å². The summed E-state index contributed by atoms with van der Waals surface area (Å²) in [5, 5.41) is 2.83. The molecule has 0 aliphatic rings. The molecular formula is C12H16N2OS. The van der Waals surface area contributed by atoms with Gasteiger partial charge in [0.25, 0.3) is 5.91 Å². The van der Waals surface area contributed by atoms with E-state index in [2.05, 4.69) is 5.32 Å². The fourth-order valence-corrected chi connectivity index (χ4v) is 1.50. The topological polar surface area (TPSA) is 55.1 Å². The molecule has 1 amide bonds. The number of nitrogens with two attached hydrogens (primary N) is 1. The SMILES string of the molecule is Cc1cccc(C(=O)NCCCC(N)=S)c1. The van der Waals surface area contributed by atoms with Gasteiger partial charge in [0.1, 0.15) is 0 Å². The summed E-state index contributed by atoms with van der Waals surface area (Å²) in [7, 11) is 0. The highest BCUT2D eigenvalue weighted by molar-refractivity contribution is 7.80. The summed E-state index contributed by atoms with van der Waals surface area (Å²) >= 11 is 4.75. The van der Waals surface area contributed by atoms with E-state index in [1.54, 1.807) is 6.07 Å². The molecule has 0 bridgehead atoms. The van der Waals surface area contributed by atoms with E-state index in [4.69, 9.17) is 18.0 Å². The molecule has 0 saturated heterocycles. The van der Waals surface area contributed by atoms with Gasteiger partial charge in [-0.05, 0) is 31.9 Å². The highest BCUT2D eigenvalue weighted by Gasteiger charge is 2.03. The van der Waals surface area contributed by atoms with Crippen LogP contribution in [0.15, 0.2) is 24.3 Å². The lowest BCUT2D eigenvalue weighted by atomic mass is 10.1. The molecule has 3 N–H and O–H groups in total. The zero-order valence-corrected chi connectivity index (χ0v) is 10.1. The lowest BCUT2D eigenvalue weighted by Gasteiger charge is -2.05. The number of rotatable bonds is 5. The van der Waals surface area contributed by atoms with Crippen LogP contribution in [0.25, 0.3) is 0 Å². The van der Waals surface area contributed by atoms with E-state index in [-0.39, 0.29) is 5.91 Å². The normalized spacial score (nSPS) is 9.81. The number of thiocarbonyl (C=S) groups is 1. The van der Waals surface area contributed by atoms with Crippen LogP contribution in [-0.2, 0) is 0 Å². The molecule has 0 heterocycles. The van der Waals surface area contributed by atoms with Crippen LogP contribution in [0.2, 0.25) is 0 Å². The Balaban J connectivity index is 2.38. The second kappa shape index (κ2) is 6.23. The van der Waals surface area contributed by atoms with Crippen molar-refractivity contribution in [1.29, 1.82) is 0 Å². The van der Waals surface area contributed by atoms with Gasteiger partial charge in [-0.2, -0.15) is 0 Å². The van der Waals surface area contributed by atoms with Crippen molar-refractivity contribution in [2.75, 3.05) is 6.54 Å². The summed E-state index contributed by atoms with van der Waals surface area (Å²) in [6.07, 6.45) is 1.45. The van der Waals surface area contributed by atoms with Gasteiger partial charge < -0.3 is 11.1 Å². The first-order chi connectivity index (χ1) is 7.59. The minimum absolute atomic E-state index is 0.0494. The van der Waals surface area contributed by atoms with Crippen molar-refractivity contribution in [2.45, 2.75) is 19.8 Å². The number of benzene rings is 1. The molecule has 1 rings (SSSR count). The lowest BCUT2D eigenvalue weighted by molar-refractivity contribution is 0.0953. The van der Waals surface area contributed by atoms with Crippen molar-refractivity contribution in [1.82, 2.24) is 5.32 Å². The molecule has 3 nitrogen and oxygen atoms in total. The third-order valence-electron chi connectivity index (χ3n) is 2.17. The third kappa shape index (κ3) is 4.40. The van der Waals surface area contributed by atoms with Crippen LogP contribution in [0.3, 0.4) is 0 Å². The van der Waals surface area contributed by atoms with Crippen molar-refractivity contribution >= 4 is 23.1 Å². The number of aryl methyl sites for hydroxylation is 1. The molecule has 1 aromatic carbocycles. The number of amides is 1. The predicted octanol–water partition coefficient (Wildman–Crippen LogP) is 1.79. The highest BCUT2D eigenvalue weighted by Crippen LogP contribution is 2.03. The van der Waals surface area contributed by atoms with Crippen molar-refractivity contribution in [2.24, 2.45) is 5.73 Å². The Morgan fingerprint density at radius 1 is 1.50 bits per heavy atom. The first-order valence-corrected chi connectivity index (χ1v) is 5.63. The van der Waals surface area contributed by atoms with E-state index in [9.17, 15) is 4.79 Å². The summed E-state index contributed by atoms with van der Waals surface area (Å²) < 4.78 is 0. The molecular weight excluding hydrogens is 220 g/mol. The maximum absolute atomic E-state index is 11.7. The van der Waals surface area contributed by atoms with Crippen LogP contribution in [0.4, 0.5) is 0 Å². The molecule has 0 spiro atoms. The molecule has 1 aromatic rings. The van der Waals surface area contributed by atoms with Crippen LogP contribution in [0.1, 0.15) is 28.8 Å². The van der Waals surface area contributed by atoms with Gasteiger partial charge in [0.15, 0.2) is 0 Å². The molecule has 86 valence electrons. The molecule has 0 fully saturated rings. The Hall–Kier alpha value is -1.42. The fraction of sp³-hybridized carbons (Fsp3) is 0.333. The van der Waals surface area contributed by atoms with Crippen LogP contribution >= 0.6 is 12.2 Å². The van der Waals surface area contributed by atoms with Crippen LogP contribution < -0.4 is 11.1 Å². The Morgan fingerprint density at radius 3 is 2.88 bits per heavy atom. The number of hydrogen-bond donors (Lipinski definition) is 2. The zero-order valence-electron chi connectivity index (χ0n) is 9.32. The number of nitrogens with one attached hydrogen (secondary N) is 1. The van der Waals surface area contributed by atoms with Crippen molar-refractivity contribution < 1.29 is 4.79 Å². The van der Waals surface area contributed by atoms with Crippen molar-refractivity contribution in [3.05, 3.63) is 35.4 Å². The molecule has 0 saturated carbocycles. The molecule has 0 aliphatic carbocycles. The lowest BCUT2D eigenvalue weighted by Crippen LogP contribution is -2.25. The second-order valence-corrected chi connectivity index (χ2v) is 4.22. The van der Waals surface area contributed by atoms with E-state index in [0.29, 0.717) is 23.5 Å². The van der Waals surface area contributed by atoms with E-state index in [1.807, 2.05) is 25.1 Å². The minimum Gasteiger partial charge on any atom is -0.393 e. The van der Waals surface area contributed by atoms with Gasteiger partial charge >= 0.3 is 0 Å². The zero-order chi connectivity index (χ0) is 12.0. The number of carbonyl (C=O) groups excluding carboxylic acids is 1. The smallest absolute Gasteiger partial charge is 0.251 e. The first-order valence-electron chi connectivity index (χ1n) is 5.23. The molecule has 0 radical (unpaired) electrons. The summed E-state index contributed by atoms with van der Waals surface area (Å²) in [5.74, 6) is -0.0494. The number of hydrogen-bond acceptors (Lipinski definition) is 2. The number of carbonyl (C=O) groups is 1.